The van der Waals surface area contributed by atoms with Gasteiger partial charge in [0.1, 0.15) is 18.8 Å². The summed E-state index contributed by atoms with van der Waals surface area (Å²) in [4.78, 5) is 56.9. The number of aryl methyl sites for hydroxylation is 1. The minimum atomic E-state index is -2.83. The molecule has 0 radical (unpaired) electrons. The largest absolute Gasteiger partial charge is 0.342 e. The van der Waals surface area contributed by atoms with E-state index < -0.39 is 78.5 Å². The molecule has 1 saturated carbocycles. The second kappa shape index (κ2) is 11.8. The Balaban J connectivity index is 1.39. The normalized spacial score (nSPS) is 20.5. The first-order chi connectivity index (χ1) is 20.4. The summed E-state index contributed by atoms with van der Waals surface area (Å²) < 4.78 is 58.5. The highest BCUT2D eigenvalue weighted by atomic mass is 19.3. The lowest BCUT2D eigenvalue weighted by Gasteiger charge is -2.35. The number of carbonyl (C=O) groups excluding carboxylic acids is 2. The number of amides is 2. The zero-order chi connectivity index (χ0) is 31.1. The van der Waals surface area contributed by atoms with Crippen LogP contribution in [0.2, 0.25) is 0 Å². The van der Waals surface area contributed by atoms with Crippen LogP contribution in [0.1, 0.15) is 60.5 Å². The van der Waals surface area contributed by atoms with Crippen molar-refractivity contribution in [3.8, 4) is 0 Å². The molecule has 1 aliphatic heterocycles. The fourth-order valence-corrected chi connectivity index (χ4v) is 5.75. The highest BCUT2D eigenvalue weighted by Gasteiger charge is 2.47. The van der Waals surface area contributed by atoms with Crippen LogP contribution in [-0.4, -0.2) is 55.5 Å². The Hall–Kier alpha value is -4.29. The molecule has 1 aromatic carbocycles. The molecule has 43 heavy (non-hydrogen) atoms. The minimum Gasteiger partial charge on any atom is -0.342 e. The van der Waals surface area contributed by atoms with E-state index in [1.54, 1.807) is 37.3 Å². The quantitative estimate of drug-likeness (QED) is 0.315. The molecule has 3 atom stereocenters. The van der Waals surface area contributed by atoms with E-state index in [9.17, 15) is 32.3 Å². The fraction of sp³-hybridized carbons (Fsp3) is 0.433. The van der Waals surface area contributed by atoms with Gasteiger partial charge in [0.2, 0.25) is 23.7 Å². The van der Waals surface area contributed by atoms with Crippen molar-refractivity contribution >= 4 is 11.8 Å². The molecular weight excluding hydrogens is 570 g/mol. The summed E-state index contributed by atoms with van der Waals surface area (Å²) in [6.45, 7) is 2.34. The molecule has 2 aliphatic rings. The summed E-state index contributed by atoms with van der Waals surface area (Å²) in [5, 5.41) is 2.76. The lowest BCUT2D eigenvalue weighted by molar-refractivity contribution is -0.139. The number of nitrogens with one attached hydrogen (secondary N) is 1. The van der Waals surface area contributed by atoms with E-state index in [1.807, 2.05) is 0 Å². The van der Waals surface area contributed by atoms with Crippen molar-refractivity contribution in [2.24, 2.45) is 0 Å². The molecule has 2 amide bonds. The second-order valence-corrected chi connectivity index (χ2v) is 11.1. The van der Waals surface area contributed by atoms with Gasteiger partial charge in [-0.15, -0.1) is 0 Å². The number of halogens is 4. The monoisotopic (exact) mass is 601 g/mol. The third-order valence-corrected chi connectivity index (χ3v) is 8.05. The smallest absolute Gasteiger partial charge is 0.331 e. The average Bonchev–Trinajstić information content (AvgIpc) is 3.36. The van der Waals surface area contributed by atoms with E-state index in [0.29, 0.717) is 5.56 Å². The Morgan fingerprint density at radius 3 is 2.44 bits per heavy atom. The Kier molecular flexibility index (Phi) is 8.26. The predicted molar refractivity (Wildman–Crippen MR) is 148 cm³/mol. The lowest BCUT2D eigenvalue weighted by atomic mass is 9.77. The fourth-order valence-electron chi connectivity index (χ4n) is 5.75. The van der Waals surface area contributed by atoms with Crippen LogP contribution in [0.25, 0.3) is 0 Å². The molecule has 0 bridgehead atoms. The van der Waals surface area contributed by atoms with E-state index in [-0.39, 0.29) is 36.3 Å². The number of alkyl halides is 3. The maximum atomic E-state index is 15.0. The number of hydrogen-bond donors (Lipinski definition) is 1. The Morgan fingerprint density at radius 1 is 1.12 bits per heavy atom. The van der Waals surface area contributed by atoms with Gasteiger partial charge in [0.05, 0.1) is 18.3 Å². The van der Waals surface area contributed by atoms with E-state index >= 15 is 4.39 Å². The van der Waals surface area contributed by atoms with Gasteiger partial charge in [-0.05, 0) is 31.4 Å². The highest BCUT2D eigenvalue weighted by Crippen LogP contribution is 2.48. The SMILES string of the molecule is CCn1c(=O)c(C)cn(CC(=O)N2CC(F)CC2C(=O)NC(c2ccccc2)c2ccc(C3CC(F)(F)C3)c(F)n2)c1=O. The van der Waals surface area contributed by atoms with Crippen LogP contribution >= 0.6 is 0 Å². The molecule has 228 valence electrons. The molecule has 1 saturated heterocycles. The zero-order valence-corrected chi connectivity index (χ0v) is 23.6. The first-order valence-electron chi connectivity index (χ1n) is 14.0. The van der Waals surface area contributed by atoms with Crippen LogP contribution in [0.3, 0.4) is 0 Å². The number of pyridine rings is 1. The maximum absolute atomic E-state index is 15.0. The van der Waals surface area contributed by atoms with Gasteiger partial charge in [0.15, 0.2) is 0 Å². The van der Waals surface area contributed by atoms with E-state index in [1.165, 1.54) is 25.3 Å². The number of nitrogens with zero attached hydrogens (tertiary/aromatic N) is 4. The summed E-state index contributed by atoms with van der Waals surface area (Å²) in [6, 6.07) is 9.13. The molecule has 1 aliphatic carbocycles. The van der Waals surface area contributed by atoms with Gasteiger partial charge in [-0.1, -0.05) is 36.4 Å². The molecule has 2 fully saturated rings. The Bertz CT molecular complexity index is 1650. The van der Waals surface area contributed by atoms with Crippen LogP contribution in [0.5, 0.6) is 0 Å². The standard InChI is InChI=1S/C30H31F4N5O4/c1-3-38-28(42)17(2)14-37(29(38)43)16-24(40)39-15-20(31)11-23(39)27(41)36-25(18-7-5-4-6-8-18)22-10-9-21(26(32)35-22)19-12-30(33,34)13-19/h4-10,14,19-20,23,25H,3,11-13,15-16H2,1-2H3,(H,36,41). The third kappa shape index (κ3) is 6.11. The molecule has 1 N–H and O–H groups in total. The van der Waals surface area contributed by atoms with Crippen LogP contribution in [0.4, 0.5) is 17.6 Å². The summed E-state index contributed by atoms with van der Waals surface area (Å²) in [5.41, 5.74) is -0.231. The first kappa shape index (κ1) is 30.2. The van der Waals surface area contributed by atoms with E-state index in [2.05, 4.69) is 10.3 Å². The summed E-state index contributed by atoms with van der Waals surface area (Å²) in [6.07, 6.45) is -1.48. The average molecular weight is 602 g/mol. The lowest BCUT2D eigenvalue weighted by Crippen LogP contribution is -2.49. The van der Waals surface area contributed by atoms with Crippen molar-refractivity contribution in [3.63, 3.8) is 0 Å². The van der Waals surface area contributed by atoms with Crippen LogP contribution in [0, 0.1) is 12.9 Å². The van der Waals surface area contributed by atoms with Gasteiger partial charge < -0.3 is 10.2 Å². The van der Waals surface area contributed by atoms with Crippen molar-refractivity contribution in [1.29, 1.82) is 0 Å². The van der Waals surface area contributed by atoms with E-state index in [4.69, 9.17) is 0 Å². The molecule has 3 unspecified atom stereocenters. The summed E-state index contributed by atoms with van der Waals surface area (Å²) in [5.74, 6) is -5.81. The maximum Gasteiger partial charge on any atom is 0.331 e. The van der Waals surface area contributed by atoms with Crippen LogP contribution in [-0.2, 0) is 22.7 Å². The van der Waals surface area contributed by atoms with Crippen molar-refractivity contribution in [1.82, 2.24) is 24.3 Å². The topological polar surface area (TPSA) is 106 Å². The number of aromatic nitrogens is 3. The molecular formula is C30H31F4N5O4. The second-order valence-electron chi connectivity index (χ2n) is 11.1. The summed E-state index contributed by atoms with van der Waals surface area (Å²) >= 11 is 0. The van der Waals surface area contributed by atoms with Gasteiger partial charge >= 0.3 is 5.69 Å². The summed E-state index contributed by atoms with van der Waals surface area (Å²) in [7, 11) is 0. The van der Waals surface area contributed by atoms with Gasteiger partial charge in [-0.3, -0.25) is 23.5 Å². The number of carbonyl (C=O) groups is 2. The highest BCUT2D eigenvalue weighted by molar-refractivity contribution is 5.88. The Morgan fingerprint density at radius 2 is 1.81 bits per heavy atom. The van der Waals surface area contributed by atoms with Crippen molar-refractivity contribution in [2.45, 2.75) is 76.3 Å². The molecule has 0 spiro atoms. The predicted octanol–water partition coefficient (Wildman–Crippen LogP) is 3.23. The number of likely N-dealkylation sites (tertiary alicyclic amines) is 1. The van der Waals surface area contributed by atoms with Gasteiger partial charge in [0.25, 0.3) is 5.56 Å². The molecule has 3 heterocycles. The number of hydrogen-bond acceptors (Lipinski definition) is 5. The van der Waals surface area contributed by atoms with Crippen molar-refractivity contribution in [2.75, 3.05) is 6.54 Å². The third-order valence-electron chi connectivity index (χ3n) is 8.05. The zero-order valence-electron chi connectivity index (χ0n) is 23.6. The van der Waals surface area contributed by atoms with E-state index in [0.717, 1.165) is 14.0 Å². The van der Waals surface area contributed by atoms with Crippen molar-refractivity contribution < 1.29 is 27.2 Å². The van der Waals surface area contributed by atoms with Gasteiger partial charge in [-0.25, -0.2) is 22.9 Å². The minimum absolute atomic E-state index is 0.0699. The molecule has 3 aromatic rings. The first-order valence-corrected chi connectivity index (χ1v) is 14.0. The molecule has 13 heteroatoms. The number of benzene rings is 1. The van der Waals surface area contributed by atoms with Crippen LogP contribution < -0.4 is 16.6 Å². The molecule has 2 aromatic heterocycles. The van der Waals surface area contributed by atoms with Gasteiger partial charge in [0, 0.05) is 43.1 Å². The van der Waals surface area contributed by atoms with Crippen molar-refractivity contribution in [3.05, 3.63) is 97.8 Å². The number of rotatable bonds is 8. The van der Waals surface area contributed by atoms with Gasteiger partial charge in [-0.2, -0.15) is 4.39 Å². The van der Waals surface area contributed by atoms with Crippen LogP contribution in [0.15, 0.2) is 58.3 Å². The Labute approximate surface area is 244 Å². The molecule has 9 nitrogen and oxygen atoms in total. The molecule has 5 rings (SSSR count).